The zero-order valence-electron chi connectivity index (χ0n) is 14.9. The van der Waals surface area contributed by atoms with Crippen LogP contribution in [0.2, 0.25) is 0 Å². The van der Waals surface area contributed by atoms with Crippen LogP contribution in [0.3, 0.4) is 0 Å². The summed E-state index contributed by atoms with van der Waals surface area (Å²) in [5, 5.41) is 0. The SMILES string of the molecule is Cc1ccc(N2c3ccccc3[S+]([O-])c3ccccc32)c2c1CCCC2. The van der Waals surface area contributed by atoms with E-state index in [0.717, 1.165) is 34.0 Å². The van der Waals surface area contributed by atoms with E-state index in [9.17, 15) is 4.55 Å². The highest BCUT2D eigenvalue weighted by atomic mass is 32.2. The molecule has 0 unspecified atom stereocenters. The zero-order chi connectivity index (χ0) is 17.7. The van der Waals surface area contributed by atoms with Gasteiger partial charge in [0.1, 0.15) is 11.4 Å². The van der Waals surface area contributed by atoms with Crippen LogP contribution in [0.15, 0.2) is 70.5 Å². The maximum atomic E-state index is 13.1. The molecule has 0 bridgehead atoms. The molecular weight excluding hydrogens is 338 g/mol. The predicted octanol–water partition coefficient (Wildman–Crippen LogP) is 5.82. The number of rotatable bonds is 1. The van der Waals surface area contributed by atoms with Crippen molar-refractivity contribution in [3.63, 3.8) is 0 Å². The van der Waals surface area contributed by atoms with Gasteiger partial charge >= 0.3 is 0 Å². The van der Waals surface area contributed by atoms with Crippen LogP contribution in [-0.4, -0.2) is 4.55 Å². The quantitative estimate of drug-likeness (QED) is 0.511. The number of fused-ring (bicyclic) bond motifs is 3. The van der Waals surface area contributed by atoms with Gasteiger partial charge in [-0.05, 0) is 79.6 Å². The Labute approximate surface area is 157 Å². The molecule has 0 aromatic heterocycles. The Balaban J connectivity index is 1.80. The molecule has 3 aromatic rings. The maximum Gasteiger partial charge on any atom is 0.182 e. The summed E-state index contributed by atoms with van der Waals surface area (Å²) >= 11 is -1.13. The molecule has 0 saturated heterocycles. The topological polar surface area (TPSA) is 26.3 Å². The lowest BCUT2D eigenvalue weighted by Gasteiger charge is -2.35. The van der Waals surface area contributed by atoms with Crippen LogP contribution in [0, 0.1) is 6.92 Å². The Morgan fingerprint density at radius 1 is 0.731 bits per heavy atom. The number of benzene rings is 3. The standard InChI is InChI=1S/C23H21NOS/c1-16-14-15-19(18-9-3-2-8-17(16)18)24-20-10-4-6-12-22(20)26(25)23-13-7-5-11-21(23)24/h4-7,10-15H,2-3,8-9H2,1H3. The Bertz CT molecular complexity index is 950. The molecule has 0 N–H and O–H groups in total. The number of nitrogens with zero attached hydrogens (tertiary/aromatic N) is 1. The lowest BCUT2D eigenvalue weighted by atomic mass is 9.87. The molecule has 3 aromatic carbocycles. The average molecular weight is 359 g/mol. The molecule has 5 rings (SSSR count). The first-order valence-corrected chi connectivity index (χ1v) is 10.4. The Hall–Kier alpha value is -2.23. The van der Waals surface area contributed by atoms with Crippen molar-refractivity contribution in [2.24, 2.45) is 0 Å². The molecule has 1 heterocycles. The van der Waals surface area contributed by atoms with Crippen molar-refractivity contribution in [2.45, 2.75) is 42.4 Å². The van der Waals surface area contributed by atoms with Crippen molar-refractivity contribution in [1.29, 1.82) is 0 Å². The van der Waals surface area contributed by atoms with Crippen LogP contribution in [0.5, 0.6) is 0 Å². The van der Waals surface area contributed by atoms with Gasteiger partial charge in [-0.15, -0.1) is 0 Å². The first-order chi connectivity index (χ1) is 12.8. The van der Waals surface area contributed by atoms with Gasteiger partial charge in [0.15, 0.2) is 9.79 Å². The third-order valence-electron chi connectivity index (χ3n) is 5.60. The van der Waals surface area contributed by atoms with Crippen molar-refractivity contribution in [2.75, 3.05) is 4.90 Å². The molecule has 1 aliphatic carbocycles. The molecule has 0 atom stereocenters. The normalized spacial score (nSPS) is 16.0. The first-order valence-electron chi connectivity index (χ1n) is 9.27. The summed E-state index contributed by atoms with van der Waals surface area (Å²) in [6.07, 6.45) is 4.80. The highest BCUT2D eigenvalue weighted by molar-refractivity contribution is 7.92. The minimum Gasteiger partial charge on any atom is -0.606 e. The minimum absolute atomic E-state index is 0.899. The Morgan fingerprint density at radius 3 is 1.96 bits per heavy atom. The maximum absolute atomic E-state index is 13.1. The number of hydrogen-bond acceptors (Lipinski definition) is 2. The van der Waals surface area contributed by atoms with E-state index in [1.165, 1.54) is 35.2 Å². The van der Waals surface area contributed by atoms with E-state index < -0.39 is 11.2 Å². The van der Waals surface area contributed by atoms with E-state index >= 15 is 0 Å². The number of anilines is 3. The van der Waals surface area contributed by atoms with Gasteiger partial charge in [-0.3, -0.25) is 0 Å². The predicted molar refractivity (Wildman–Crippen MR) is 107 cm³/mol. The third kappa shape index (κ3) is 2.31. The summed E-state index contributed by atoms with van der Waals surface area (Å²) in [4.78, 5) is 4.13. The Kier molecular flexibility index (Phi) is 3.80. The molecule has 130 valence electrons. The van der Waals surface area contributed by atoms with Crippen LogP contribution < -0.4 is 4.90 Å². The number of hydrogen-bond donors (Lipinski definition) is 0. The molecule has 2 nitrogen and oxygen atoms in total. The van der Waals surface area contributed by atoms with Gasteiger partial charge in [-0.25, -0.2) is 0 Å². The minimum atomic E-state index is -1.13. The van der Waals surface area contributed by atoms with Gasteiger partial charge in [0.2, 0.25) is 0 Å². The van der Waals surface area contributed by atoms with Gasteiger partial charge in [-0.1, -0.05) is 30.3 Å². The molecular formula is C23H21NOS. The largest absolute Gasteiger partial charge is 0.606 e. The van der Waals surface area contributed by atoms with E-state index in [1.807, 2.05) is 36.4 Å². The van der Waals surface area contributed by atoms with Crippen LogP contribution in [0.25, 0.3) is 0 Å². The molecule has 26 heavy (non-hydrogen) atoms. The number of aryl methyl sites for hydroxylation is 1. The fourth-order valence-corrected chi connectivity index (χ4v) is 5.68. The molecule has 1 aliphatic heterocycles. The van der Waals surface area contributed by atoms with E-state index in [2.05, 4.69) is 36.1 Å². The van der Waals surface area contributed by atoms with Crippen molar-refractivity contribution in [3.8, 4) is 0 Å². The fraction of sp³-hybridized carbons (Fsp3) is 0.217. The van der Waals surface area contributed by atoms with E-state index in [0.29, 0.717) is 0 Å². The van der Waals surface area contributed by atoms with E-state index in [-0.39, 0.29) is 0 Å². The second-order valence-electron chi connectivity index (χ2n) is 7.11. The Morgan fingerprint density at radius 2 is 1.31 bits per heavy atom. The second-order valence-corrected chi connectivity index (χ2v) is 8.52. The van der Waals surface area contributed by atoms with Crippen LogP contribution in [0.1, 0.15) is 29.5 Å². The average Bonchev–Trinajstić information content (AvgIpc) is 2.70. The third-order valence-corrected chi connectivity index (χ3v) is 7.09. The van der Waals surface area contributed by atoms with Crippen molar-refractivity contribution < 1.29 is 4.55 Å². The lowest BCUT2D eigenvalue weighted by molar-refractivity contribution is 0.594. The molecule has 3 heteroatoms. The summed E-state index contributed by atoms with van der Waals surface area (Å²) in [6, 6.07) is 20.7. The fourth-order valence-electron chi connectivity index (χ4n) is 4.34. The molecule has 2 aliphatic rings. The monoisotopic (exact) mass is 359 g/mol. The smallest absolute Gasteiger partial charge is 0.182 e. The summed E-state index contributed by atoms with van der Waals surface area (Å²) in [7, 11) is 0. The lowest BCUT2D eigenvalue weighted by Crippen LogP contribution is -2.24. The van der Waals surface area contributed by atoms with Gasteiger partial charge < -0.3 is 9.45 Å². The van der Waals surface area contributed by atoms with Gasteiger partial charge in [0, 0.05) is 16.9 Å². The van der Waals surface area contributed by atoms with Gasteiger partial charge in [-0.2, -0.15) is 0 Å². The van der Waals surface area contributed by atoms with Crippen molar-refractivity contribution in [3.05, 3.63) is 77.4 Å². The van der Waals surface area contributed by atoms with Gasteiger partial charge in [0.05, 0.1) is 0 Å². The number of para-hydroxylation sites is 2. The molecule has 0 fully saturated rings. The van der Waals surface area contributed by atoms with Crippen LogP contribution in [-0.2, 0) is 24.0 Å². The molecule has 0 radical (unpaired) electrons. The van der Waals surface area contributed by atoms with E-state index in [1.54, 1.807) is 0 Å². The van der Waals surface area contributed by atoms with E-state index in [4.69, 9.17) is 0 Å². The van der Waals surface area contributed by atoms with Crippen LogP contribution in [0.4, 0.5) is 17.1 Å². The van der Waals surface area contributed by atoms with Crippen molar-refractivity contribution in [1.82, 2.24) is 0 Å². The molecule has 0 spiro atoms. The van der Waals surface area contributed by atoms with Crippen molar-refractivity contribution >= 4 is 28.2 Å². The highest BCUT2D eigenvalue weighted by Gasteiger charge is 2.35. The van der Waals surface area contributed by atoms with Gasteiger partial charge in [0.25, 0.3) is 0 Å². The molecule has 0 amide bonds. The summed E-state index contributed by atoms with van der Waals surface area (Å²) in [6.45, 7) is 2.22. The first kappa shape index (κ1) is 16.0. The summed E-state index contributed by atoms with van der Waals surface area (Å²) in [5.41, 5.74) is 7.71. The summed E-state index contributed by atoms with van der Waals surface area (Å²) < 4.78 is 13.1. The molecule has 0 saturated carbocycles. The highest BCUT2D eigenvalue weighted by Crippen LogP contribution is 2.49. The zero-order valence-corrected chi connectivity index (χ0v) is 15.7. The van der Waals surface area contributed by atoms with Crippen LogP contribution >= 0.6 is 0 Å². The summed E-state index contributed by atoms with van der Waals surface area (Å²) in [5.74, 6) is 0. The second kappa shape index (κ2) is 6.19.